The van der Waals surface area contributed by atoms with Crippen molar-refractivity contribution in [2.45, 2.75) is 0 Å². The Hall–Kier alpha value is -2.01. The maximum absolute atomic E-state index is 13.1. The van der Waals surface area contributed by atoms with Crippen LogP contribution in [0.5, 0.6) is 0 Å². The standard InChI is InChI=1S/C13H10F2N2S/c14-10-5-9(6-11(15)7-10)8-1-3-12(4-2-8)17-13(16)18/h1-7H,(H3,16,17,18). The van der Waals surface area contributed by atoms with Crippen LogP contribution in [0.2, 0.25) is 0 Å². The maximum atomic E-state index is 13.1. The molecule has 0 amide bonds. The van der Waals surface area contributed by atoms with Gasteiger partial charge in [-0.3, -0.25) is 0 Å². The van der Waals surface area contributed by atoms with Crippen LogP contribution in [0, 0.1) is 11.6 Å². The molecule has 2 rings (SSSR count). The Labute approximate surface area is 108 Å². The Morgan fingerprint density at radius 2 is 1.50 bits per heavy atom. The summed E-state index contributed by atoms with van der Waals surface area (Å²) in [6.45, 7) is 0. The molecule has 0 saturated heterocycles. The van der Waals surface area contributed by atoms with Crippen molar-refractivity contribution in [3.63, 3.8) is 0 Å². The van der Waals surface area contributed by atoms with Crippen LogP contribution in [0.4, 0.5) is 14.5 Å². The molecule has 3 N–H and O–H groups in total. The Kier molecular flexibility index (Phi) is 3.53. The number of hydrogen-bond donors (Lipinski definition) is 2. The second-order valence-corrected chi connectivity index (χ2v) is 4.16. The van der Waals surface area contributed by atoms with Gasteiger partial charge < -0.3 is 11.1 Å². The second kappa shape index (κ2) is 5.10. The van der Waals surface area contributed by atoms with Gasteiger partial charge in [-0.25, -0.2) is 8.78 Å². The quantitative estimate of drug-likeness (QED) is 0.817. The van der Waals surface area contributed by atoms with Crippen molar-refractivity contribution in [1.29, 1.82) is 0 Å². The highest BCUT2D eigenvalue weighted by molar-refractivity contribution is 7.80. The minimum Gasteiger partial charge on any atom is -0.376 e. The van der Waals surface area contributed by atoms with Crippen molar-refractivity contribution in [2.24, 2.45) is 5.73 Å². The van der Waals surface area contributed by atoms with Gasteiger partial charge >= 0.3 is 0 Å². The number of thiocarbonyl (C=S) groups is 1. The molecule has 0 atom stereocenters. The highest BCUT2D eigenvalue weighted by Crippen LogP contribution is 2.23. The summed E-state index contributed by atoms with van der Waals surface area (Å²) in [5, 5.41) is 2.93. The minimum atomic E-state index is -0.602. The van der Waals surface area contributed by atoms with E-state index in [2.05, 4.69) is 5.32 Å². The number of benzene rings is 2. The van der Waals surface area contributed by atoms with Crippen molar-refractivity contribution in [3.8, 4) is 11.1 Å². The number of nitrogens with one attached hydrogen (secondary N) is 1. The van der Waals surface area contributed by atoms with E-state index in [9.17, 15) is 8.78 Å². The molecule has 92 valence electrons. The highest BCUT2D eigenvalue weighted by Gasteiger charge is 2.03. The molecule has 0 fully saturated rings. The summed E-state index contributed by atoms with van der Waals surface area (Å²) < 4.78 is 26.2. The highest BCUT2D eigenvalue weighted by atomic mass is 32.1. The zero-order valence-corrected chi connectivity index (χ0v) is 10.1. The molecule has 0 spiro atoms. The first-order valence-corrected chi connectivity index (χ1v) is 5.58. The first-order chi connectivity index (χ1) is 8.54. The van der Waals surface area contributed by atoms with Gasteiger partial charge in [0, 0.05) is 11.8 Å². The molecule has 0 aromatic heterocycles. The zero-order valence-electron chi connectivity index (χ0n) is 9.28. The summed E-state index contributed by atoms with van der Waals surface area (Å²) in [6, 6.07) is 10.3. The molecule has 2 aromatic rings. The lowest BCUT2D eigenvalue weighted by molar-refractivity contribution is 0.584. The molecule has 0 aliphatic carbocycles. The zero-order chi connectivity index (χ0) is 13.1. The summed E-state index contributed by atoms with van der Waals surface area (Å²) >= 11 is 4.71. The predicted octanol–water partition coefficient (Wildman–Crippen LogP) is 3.29. The molecular weight excluding hydrogens is 254 g/mol. The average Bonchev–Trinajstić information content (AvgIpc) is 2.27. The Morgan fingerprint density at radius 1 is 0.944 bits per heavy atom. The van der Waals surface area contributed by atoms with Crippen molar-refractivity contribution in [1.82, 2.24) is 0 Å². The fourth-order valence-corrected chi connectivity index (χ4v) is 1.73. The lowest BCUT2D eigenvalue weighted by Gasteiger charge is -2.06. The number of anilines is 1. The van der Waals surface area contributed by atoms with E-state index >= 15 is 0 Å². The normalized spacial score (nSPS) is 10.1. The van der Waals surface area contributed by atoms with Crippen LogP contribution in [-0.2, 0) is 0 Å². The Morgan fingerprint density at radius 3 is 2.00 bits per heavy atom. The van der Waals surface area contributed by atoms with E-state index in [0.717, 1.165) is 11.8 Å². The van der Waals surface area contributed by atoms with Crippen LogP contribution in [0.3, 0.4) is 0 Å². The topological polar surface area (TPSA) is 38.0 Å². The average molecular weight is 264 g/mol. The third kappa shape index (κ3) is 3.01. The van der Waals surface area contributed by atoms with Crippen molar-refractivity contribution in [3.05, 3.63) is 54.1 Å². The van der Waals surface area contributed by atoms with E-state index in [1.54, 1.807) is 24.3 Å². The number of halogens is 2. The predicted molar refractivity (Wildman–Crippen MR) is 72.2 cm³/mol. The van der Waals surface area contributed by atoms with Crippen LogP contribution in [0.1, 0.15) is 0 Å². The molecule has 0 heterocycles. The van der Waals surface area contributed by atoms with Gasteiger partial charge in [0.15, 0.2) is 5.11 Å². The number of nitrogens with two attached hydrogens (primary N) is 1. The van der Waals surface area contributed by atoms with E-state index in [4.69, 9.17) is 18.0 Å². The van der Waals surface area contributed by atoms with Gasteiger partial charge in [0.05, 0.1) is 0 Å². The Balaban J connectivity index is 2.31. The summed E-state index contributed by atoms with van der Waals surface area (Å²) in [6.07, 6.45) is 0. The van der Waals surface area contributed by atoms with Crippen molar-refractivity contribution < 1.29 is 8.78 Å². The summed E-state index contributed by atoms with van der Waals surface area (Å²) in [5.41, 5.74) is 7.25. The fourth-order valence-electron chi connectivity index (χ4n) is 1.61. The SMILES string of the molecule is NC(=S)Nc1ccc(-c2cc(F)cc(F)c2)cc1. The van der Waals surface area contributed by atoms with Gasteiger partial charge in [0.1, 0.15) is 11.6 Å². The molecule has 0 aliphatic heterocycles. The van der Waals surface area contributed by atoms with E-state index in [1.165, 1.54) is 12.1 Å². The van der Waals surface area contributed by atoms with Gasteiger partial charge in [-0.2, -0.15) is 0 Å². The van der Waals surface area contributed by atoms with E-state index in [1.807, 2.05) is 0 Å². The summed E-state index contributed by atoms with van der Waals surface area (Å²) in [4.78, 5) is 0. The summed E-state index contributed by atoms with van der Waals surface area (Å²) in [7, 11) is 0. The monoisotopic (exact) mass is 264 g/mol. The van der Waals surface area contributed by atoms with Gasteiger partial charge in [-0.05, 0) is 47.6 Å². The molecule has 0 aliphatic rings. The third-order valence-electron chi connectivity index (χ3n) is 2.35. The molecule has 2 aromatic carbocycles. The molecule has 0 saturated carbocycles. The van der Waals surface area contributed by atoms with Crippen LogP contribution in [0.15, 0.2) is 42.5 Å². The largest absolute Gasteiger partial charge is 0.376 e. The smallest absolute Gasteiger partial charge is 0.168 e. The van der Waals surface area contributed by atoms with Crippen LogP contribution >= 0.6 is 12.2 Å². The molecule has 0 radical (unpaired) electrons. The molecular formula is C13H10F2N2S. The first kappa shape index (κ1) is 12.4. The van der Waals surface area contributed by atoms with Crippen molar-refractivity contribution >= 4 is 23.0 Å². The number of rotatable bonds is 2. The molecule has 5 heteroatoms. The van der Waals surface area contributed by atoms with Crippen LogP contribution in [-0.4, -0.2) is 5.11 Å². The second-order valence-electron chi connectivity index (χ2n) is 3.72. The van der Waals surface area contributed by atoms with E-state index in [0.29, 0.717) is 11.1 Å². The minimum absolute atomic E-state index is 0.166. The number of hydrogen-bond acceptors (Lipinski definition) is 1. The molecule has 0 unspecified atom stereocenters. The van der Waals surface area contributed by atoms with Gasteiger partial charge in [-0.1, -0.05) is 12.1 Å². The lowest BCUT2D eigenvalue weighted by atomic mass is 10.1. The molecule has 18 heavy (non-hydrogen) atoms. The van der Waals surface area contributed by atoms with Crippen molar-refractivity contribution in [2.75, 3.05) is 5.32 Å². The van der Waals surface area contributed by atoms with E-state index in [-0.39, 0.29) is 5.11 Å². The van der Waals surface area contributed by atoms with Crippen LogP contribution in [0.25, 0.3) is 11.1 Å². The first-order valence-electron chi connectivity index (χ1n) is 5.17. The van der Waals surface area contributed by atoms with Crippen LogP contribution < -0.4 is 11.1 Å². The summed E-state index contributed by atoms with van der Waals surface area (Å²) in [5.74, 6) is -1.20. The van der Waals surface area contributed by atoms with Gasteiger partial charge in [0.25, 0.3) is 0 Å². The third-order valence-corrected chi connectivity index (χ3v) is 2.45. The maximum Gasteiger partial charge on any atom is 0.168 e. The van der Waals surface area contributed by atoms with Gasteiger partial charge in [-0.15, -0.1) is 0 Å². The molecule has 0 bridgehead atoms. The van der Waals surface area contributed by atoms with E-state index < -0.39 is 11.6 Å². The molecule has 2 nitrogen and oxygen atoms in total. The lowest BCUT2D eigenvalue weighted by Crippen LogP contribution is -2.18. The Bertz CT molecular complexity index is 562. The van der Waals surface area contributed by atoms with Gasteiger partial charge in [0.2, 0.25) is 0 Å². The fraction of sp³-hybridized carbons (Fsp3) is 0.